The molecule has 4 heteroatoms. The molecule has 0 atom stereocenters. The fourth-order valence-electron chi connectivity index (χ4n) is 3.60. The SMILES string of the molecule is Cc1ccc(-c2c(C(=O)Nc3cc(C)cc(C)c3)oc(=O)c3ccccc23)cc1. The first-order chi connectivity index (χ1) is 13.9. The van der Waals surface area contributed by atoms with E-state index in [-0.39, 0.29) is 5.76 Å². The minimum atomic E-state index is -0.526. The third-order valence-electron chi connectivity index (χ3n) is 4.86. The Bertz CT molecular complexity index is 1260. The number of amides is 1. The van der Waals surface area contributed by atoms with Gasteiger partial charge in [0.25, 0.3) is 5.91 Å². The number of aryl methyl sites for hydroxylation is 3. The predicted octanol–water partition coefficient (Wildman–Crippen LogP) is 5.64. The Morgan fingerprint density at radius 1 is 0.793 bits per heavy atom. The van der Waals surface area contributed by atoms with Gasteiger partial charge in [-0.05, 0) is 55.7 Å². The number of fused-ring (bicyclic) bond motifs is 1. The summed E-state index contributed by atoms with van der Waals surface area (Å²) in [5.41, 5.74) is 4.76. The van der Waals surface area contributed by atoms with E-state index in [4.69, 9.17) is 4.42 Å². The predicted molar refractivity (Wildman–Crippen MR) is 117 cm³/mol. The molecule has 0 saturated carbocycles. The van der Waals surface area contributed by atoms with Crippen LogP contribution in [0.3, 0.4) is 0 Å². The zero-order valence-electron chi connectivity index (χ0n) is 16.6. The molecular formula is C25H21NO3. The average molecular weight is 383 g/mol. The first-order valence-electron chi connectivity index (χ1n) is 9.45. The topological polar surface area (TPSA) is 59.3 Å². The summed E-state index contributed by atoms with van der Waals surface area (Å²) in [7, 11) is 0. The Morgan fingerprint density at radius 3 is 2.07 bits per heavy atom. The fourth-order valence-corrected chi connectivity index (χ4v) is 3.60. The smallest absolute Gasteiger partial charge is 0.344 e. The summed E-state index contributed by atoms with van der Waals surface area (Å²) in [6.07, 6.45) is 0. The lowest BCUT2D eigenvalue weighted by atomic mass is 9.97. The third kappa shape index (κ3) is 3.69. The molecule has 144 valence electrons. The van der Waals surface area contributed by atoms with Crippen LogP contribution in [0.15, 0.2) is 75.9 Å². The van der Waals surface area contributed by atoms with E-state index in [1.165, 1.54) is 0 Å². The molecular weight excluding hydrogens is 362 g/mol. The van der Waals surface area contributed by atoms with Crippen molar-refractivity contribution in [1.29, 1.82) is 0 Å². The van der Waals surface area contributed by atoms with Gasteiger partial charge in [-0.2, -0.15) is 0 Å². The highest BCUT2D eigenvalue weighted by Gasteiger charge is 2.21. The summed E-state index contributed by atoms with van der Waals surface area (Å²) in [5.74, 6) is -0.440. The van der Waals surface area contributed by atoms with Crippen LogP contribution in [0.5, 0.6) is 0 Å². The third-order valence-corrected chi connectivity index (χ3v) is 4.86. The number of benzene rings is 3. The van der Waals surface area contributed by atoms with E-state index in [2.05, 4.69) is 5.32 Å². The first-order valence-corrected chi connectivity index (χ1v) is 9.45. The molecule has 1 aromatic heterocycles. The monoisotopic (exact) mass is 383 g/mol. The number of carbonyl (C=O) groups excluding carboxylic acids is 1. The number of nitrogens with one attached hydrogen (secondary N) is 1. The van der Waals surface area contributed by atoms with Gasteiger partial charge >= 0.3 is 5.63 Å². The molecule has 0 unspecified atom stereocenters. The lowest BCUT2D eigenvalue weighted by Crippen LogP contribution is -2.17. The van der Waals surface area contributed by atoms with Crippen molar-refractivity contribution in [3.8, 4) is 11.1 Å². The van der Waals surface area contributed by atoms with Gasteiger partial charge in [0.2, 0.25) is 5.76 Å². The zero-order valence-corrected chi connectivity index (χ0v) is 16.6. The van der Waals surface area contributed by atoms with Crippen LogP contribution in [-0.2, 0) is 0 Å². The van der Waals surface area contributed by atoms with E-state index >= 15 is 0 Å². The van der Waals surface area contributed by atoms with E-state index in [1.54, 1.807) is 12.1 Å². The van der Waals surface area contributed by atoms with Gasteiger partial charge in [-0.25, -0.2) is 4.79 Å². The Balaban J connectivity index is 1.91. The second-order valence-electron chi connectivity index (χ2n) is 7.34. The van der Waals surface area contributed by atoms with Crippen LogP contribution in [0, 0.1) is 20.8 Å². The molecule has 0 saturated heterocycles. The van der Waals surface area contributed by atoms with E-state index < -0.39 is 11.5 Å². The number of rotatable bonds is 3. The molecule has 1 N–H and O–H groups in total. The molecule has 1 heterocycles. The maximum absolute atomic E-state index is 13.1. The van der Waals surface area contributed by atoms with E-state index in [1.807, 2.05) is 75.4 Å². The molecule has 3 aromatic carbocycles. The van der Waals surface area contributed by atoms with Crippen molar-refractivity contribution < 1.29 is 9.21 Å². The molecule has 4 nitrogen and oxygen atoms in total. The summed E-state index contributed by atoms with van der Waals surface area (Å²) in [5, 5.41) is 4.02. The molecule has 0 bridgehead atoms. The van der Waals surface area contributed by atoms with Gasteiger partial charge in [0.1, 0.15) is 0 Å². The fraction of sp³-hybridized carbons (Fsp3) is 0.120. The van der Waals surface area contributed by atoms with Crippen molar-refractivity contribution in [3.63, 3.8) is 0 Å². The molecule has 0 spiro atoms. The largest absolute Gasteiger partial charge is 0.416 e. The second kappa shape index (κ2) is 7.40. The molecule has 0 aliphatic carbocycles. The standard InChI is InChI=1S/C25H21NO3/c1-15-8-10-18(11-9-15)22-20-6-4-5-7-21(20)25(28)29-23(22)24(27)26-19-13-16(2)12-17(3)14-19/h4-14H,1-3H3,(H,26,27). The number of hydrogen-bond donors (Lipinski definition) is 1. The Hall–Kier alpha value is -3.66. The highest BCUT2D eigenvalue weighted by atomic mass is 16.4. The molecule has 1 amide bonds. The van der Waals surface area contributed by atoms with Crippen LogP contribution in [0.1, 0.15) is 27.2 Å². The molecule has 0 fully saturated rings. The van der Waals surface area contributed by atoms with Crippen molar-refractivity contribution in [2.45, 2.75) is 20.8 Å². The number of carbonyl (C=O) groups is 1. The van der Waals surface area contributed by atoms with Crippen LogP contribution in [0.4, 0.5) is 5.69 Å². The van der Waals surface area contributed by atoms with Crippen molar-refractivity contribution in [1.82, 2.24) is 0 Å². The summed E-state index contributed by atoms with van der Waals surface area (Å²) < 4.78 is 5.53. The van der Waals surface area contributed by atoms with Crippen molar-refractivity contribution in [2.75, 3.05) is 5.32 Å². The maximum atomic E-state index is 13.1. The number of hydrogen-bond acceptors (Lipinski definition) is 3. The molecule has 0 radical (unpaired) electrons. The lowest BCUT2D eigenvalue weighted by molar-refractivity contribution is 0.0994. The van der Waals surface area contributed by atoms with Crippen molar-refractivity contribution >= 4 is 22.4 Å². The van der Waals surface area contributed by atoms with Gasteiger partial charge in [-0.3, -0.25) is 4.79 Å². The second-order valence-corrected chi connectivity index (χ2v) is 7.34. The van der Waals surface area contributed by atoms with Crippen LogP contribution in [0.2, 0.25) is 0 Å². The Morgan fingerprint density at radius 2 is 1.41 bits per heavy atom. The quantitative estimate of drug-likeness (QED) is 0.498. The molecule has 0 aliphatic heterocycles. The van der Waals surface area contributed by atoms with Crippen LogP contribution < -0.4 is 10.9 Å². The Kier molecular flexibility index (Phi) is 4.77. The van der Waals surface area contributed by atoms with Gasteiger partial charge in [-0.15, -0.1) is 0 Å². The van der Waals surface area contributed by atoms with Crippen molar-refractivity contribution in [3.05, 3.63) is 99.6 Å². The molecule has 29 heavy (non-hydrogen) atoms. The molecule has 0 aliphatic rings. The zero-order chi connectivity index (χ0) is 20.5. The van der Waals surface area contributed by atoms with Crippen LogP contribution in [-0.4, -0.2) is 5.91 Å². The summed E-state index contributed by atoms with van der Waals surface area (Å²) in [6, 6.07) is 20.8. The van der Waals surface area contributed by atoms with Gasteiger partial charge in [0, 0.05) is 16.6 Å². The molecule has 4 rings (SSSR count). The first kappa shape index (κ1) is 18.7. The van der Waals surface area contributed by atoms with Crippen LogP contribution >= 0.6 is 0 Å². The van der Waals surface area contributed by atoms with Gasteiger partial charge in [0.05, 0.1) is 5.39 Å². The summed E-state index contributed by atoms with van der Waals surface area (Å²) >= 11 is 0. The van der Waals surface area contributed by atoms with E-state index in [9.17, 15) is 9.59 Å². The van der Waals surface area contributed by atoms with Crippen molar-refractivity contribution in [2.24, 2.45) is 0 Å². The van der Waals surface area contributed by atoms with Gasteiger partial charge in [0.15, 0.2) is 0 Å². The van der Waals surface area contributed by atoms with Crippen LogP contribution in [0.25, 0.3) is 21.9 Å². The normalized spacial score (nSPS) is 10.9. The van der Waals surface area contributed by atoms with Gasteiger partial charge in [-0.1, -0.05) is 54.1 Å². The maximum Gasteiger partial charge on any atom is 0.344 e. The van der Waals surface area contributed by atoms with E-state index in [0.29, 0.717) is 22.0 Å². The number of anilines is 1. The van der Waals surface area contributed by atoms with Gasteiger partial charge < -0.3 is 9.73 Å². The summed E-state index contributed by atoms with van der Waals surface area (Å²) in [4.78, 5) is 25.7. The highest BCUT2D eigenvalue weighted by molar-refractivity contribution is 6.11. The minimum absolute atomic E-state index is 0.0108. The summed E-state index contributed by atoms with van der Waals surface area (Å²) in [6.45, 7) is 5.94. The minimum Gasteiger partial charge on any atom is -0.416 e. The molecule has 4 aromatic rings. The Labute approximate surface area is 168 Å². The average Bonchev–Trinajstić information content (AvgIpc) is 2.68. The lowest BCUT2D eigenvalue weighted by Gasteiger charge is -2.13. The highest BCUT2D eigenvalue weighted by Crippen LogP contribution is 2.31. The van der Waals surface area contributed by atoms with E-state index in [0.717, 1.165) is 22.3 Å².